The number of carbonyl (C=O) groups is 3. The van der Waals surface area contributed by atoms with E-state index < -0.39 is 18.0 Å². The molecule has 2 amide bonds. The van der Waals surface area contributed by atoms with E-state index in [4.69, 9.17) is 4.74 Å². The highest BCUT2D eigenvalue weighted by molar-refractivity contribution is 8.00. The molecule has 0 saturated heterocycles. The molecular weight excluding hydrogens is 376 g/mol. The molecule has 0 saturated carbocycles. The van der Waals surface area contributed by atoms with E-state index in [0.717, 1.165) is 16.1 Å². The van der Waals surface area contributed by atoms with Gasteiger partial charge in [0.2, 0.25) is 5.91 Å². The standard InChI is InChI=1S/C21H22N2O4S/c1-14-7-9-16(10-8-14)22-21(26)15(2)27-20(25)11-12-23-17-5-3-4-6-18(17)28-13-19(23)24/h3-10,15H,11-13H2,1-2H3,(H,22,26)/t15-/m0/s1. The van der Waals surface area contributed by atoms with E-state index in [1.807, 2.05) is 43.3 Å². The summed E-state index contributed by atoms with van der Waals surface area (Å²) in [4.78, 5) is 39.2. The van der Waals surface area contributed by atoms with Crippen molar-refractivity contribution in [3.05, 3.63) is 54.1 Å². The van der Waals surface area contributed by atoms with Gasteiger partial charge in [0.05, 0.1) is 17.9 Å². The number of hydrogen-bond donors (Lipinski definition) is 1. The number of esters is 1. The fourth-order valence-corrected chi connectivity index (χ4v) is 3.73. The maximum atomic E-state index is 12.2. The first-order valence-corrected chi connectivity index (χ1v) is 10.0. The van der Waals surface area contributed by atoms with Crippen LogP contribution in [0.2, 0.25) is 0 Å². The third-order valence-electron chi connectivity index (χ3n) is 4.34. The monoisotopic (exact) mass is 398 g/mol. The minimum Gasteiger partial charge on any atom is -0.452 e. The molecule has 0 aromatic heterocycles. The van der Waals surface area contributed by atoms with Crippen molar-refractivity contribution in [2.24, 2.45) is 0 Å². The van der Waals surface area contributed by atoms with Crippen LogP contribution >= 0.6 is 11.8 Å². The summed E-state index contributed by atoms with van der Waals surface area (Å²) >= 11 is 1.49. The summed E-state index contributed by atoms with van der Waals surface area (Å²) in [5.41, 5.74) is 2.54. The summed E-state index contributed by atoms with van der Waals surface area (Å²) in [6, 6.07) is 15.0. The number of anilines is 2. The highest BCUT2D eigenvalue weighted by Crippen LogP contribution is 2.34. The first-order valence-electron chi connectivity index (χ1n) is 9.03. The maximum absolute atomic E-state index is 12.2. The molecule has 1 heterocycles. The van der Waals surface area contributed by atoms with Gasteiger partial charge in [-0.05, 0) is 38.1 Å². The van der Waals surface area contributed by atoms with Gasteiger partial charge in [-0.25, -0.2) is 0 Å². The zero-order valence-corrected chi connectivity index (χ0v) is 16.6. The highest BCUT2D eigenvalue weighted by atomic mass is 32.2. The molecule has 1 aliphatic heterocycles. The molecule has 1 N–H and O–H groups in total. The van der Waals surface area contributed by atoms with Crippen molar-refractivity contribution in [3.63, 3.8) is 0 Å². The number of rotatable bonds is 6. The van der Waals surface area contributed by atoms with E-state index >= 15 is 0 Å². The second-order valence-electron chi connectivity index (χ2n) is 6.54. The van der Waals surface area contributed by atoms with Gasteiger partial charge in [-0.3, -0.25) is 14.4 Å². The summed E-state index contributed by atoms with van der Waals surface area (Å²) in [5.74, 6) is -0.605. The lowest BCUT2D eigenvalue weighted by atomic mass is 10.2. The molecule has 3 rings (SSSR count). The van der Waals surface area contributed by atoms with Crippen LogP contribution in [-0.2, 0) is 19.1 Å². The van der Waals surface area contributed by atoms with Crippen molar-refractivity contribution in [3.8, 4) is 0 Å². The Kier molecular flexibility index (Phi) is 6.36. The maximum Gasteiger partial charge on any atom is 0.308 e. The molecule has 7 heteroatoms. The van der Waals surface area contributed by atoms with Crippen molar-refractivity contribution in [2.45, 2.75) is 31.3 Å². The lowest BCUT2D eigenvalue weighted by Gasteiger charge is -2.28. The number of nitrogens with zero attached hydrogens (tertiary/aromatic N) is 1. The van der Waals surface area contributed by atoms with Crippen molar-refractivity contribution >= 4 is 40.9 Å². The zero-order chi connectivity index (χ0) is 20.1. The van der Waals surface area contributed by atoms with E-state index in [-0.39, 0.29) is 18.9 Å². The van der Waals surface area contributed by atoms with Crippen LogP contribution in [0.3, 0.4) is 0 Å². The first-order chi connectivity index (χ1) is 13.4. The van der Waals surface area contributed by atoms with Crippen LogP contribution < -0.4 is 10.2 Å². The summed E-state index contributed by atoms with van der Waals surface area (Å²) < 4.78 is 5.23. The molecule has 2 aromatic carbocycles. The van der Waals surface area contributed by atoms with Gasteiger partial charge in [0.1, 0.15) is 0 Å². The molecule has 146 valence electrons. The highest BCUT2D eigenvalue weighted by Gasteiger charge is 2.25. The van der Waals surface area contributed by atoms with E-state index in [2.05, 4.69) is 5.32 Å². The lowest BCUT2D eigenvalue weighted by Crippen LogP contribution is -2.38. The molecule has 2 aromatic rings. The molecule has 1 aliphatic rings. The molecule has 28 heavy (non-hydrogen) atoms. The molecule has 0 aliphatic carbocycles. The quantitative estimate of drug-likeness (QED) is 0.755. The Balaban J connectivity index is 1.52. The van der Waals surface area contributed by atoms with Gasteiger partial charge in [0, 0.05) is 17.1 Å². The molecule has 1 atom stereocenters. The van der Waals surface area contributed by atoms with Gasteiger partial charge >= 0.3 is 5.97 Å². The summed E-state index contributed by atoms with van der Waals surface area (Å²) in [6.07, 6.45) is -0.902. The Morgan fingerprint density at radius 3 is 2.64 bits per heavy atom. The molecule has 6 nitrogen and oxygen atoms in total. The first kappa shape index (κ1) is 19.9. The normalized spacial score (nSPS) is 14.2. The van der Waals surface area contributed by atoms with Gasteiger partial charge in [-0.15, -0.1) is 11.8 Å². The van der Waals surface area contributed by atoms with Crippen LogP contribution in [0.5, 0.6) is 0 Å². The lowest BCUT2D eigenvalue weighted by molar-refractivity contribution is -0.152. The van der Waals surface area contributed by atoms with Crippen molar-refractivity contribution in [1.82, 2.24) is 0 Å². The van der Waals surface area contributed by atoms with Gasteiger partial charge in [0.15, 0.2) is 6.10 Å². The number of carbonyl (C=O) groups excluding carboxylic acids is 3. The molecule has 0 radical (unpaired) electrons. The van der Waals surface area contributed by atoms with Gasteiger partial charge in [-0.1, -0.05) is 29.8 Å². The van der Waals surface area contributed by atoms with Gasteiger partial charge < -0.3 is 15.0 Å². The van der Waals surface area contributed by atoms with Gasteiger partial charge in [-0.2, -0.15) is 0 Å². The van der Waals surface area contributed by atoms with Crippen LogP contribution in [0.15, 0.2) is 53.4 Å². The number of ether oxygens (including phenoxy) is 1. The molecule has 0 bridgehead atoms. The molecule has 0 spiro atoms. The average Bonchev–Trinajstić information content (AvgIpc) is 2.69. The minimum absolute atomic E-state index is 0.0207. The number of para-hydroxylation sites is 1. The second-order valence-corrected chi connectivity index (χ2v) is 7.56. The SMILES string of the molecule is Cc1ccc(NC(=O)[C@H](C)OC(=O)CCN2C(=O)CSc3ccccc32)cc1. The third-order valence-corrected chi connectivity index (χ3v) is 5.39. The van der Waals surface area contributed by atoms with Crippen molar-refractivity contribution in [1.29, 1.82) is 0 Å². The number of nitrogens with one attached hydrogen (secondary N) is 1. The van der Waals surface area contributed by atoms with E-state index in [1.54, 1.807) is 17.0 Å². The topological polar surface area (TPSA) is 75.7 Å². The fourth-order valence-electron chi connectivity index (χ4n) is 2.79. The smallest absolute Gasteiger partial charge is 0.308 e. The summed E-state index contributed by atoms with van der Waals surface area (Å²) in [5, 5.41) is 2.72. The van der Waals surface area contributed by atoms with Crippen LogP contribution in [-0.4, -0.2) is 36.2 Å². The van der Waals surface area contributed by atoms with E-state index in [0.29, 0.717) is 11.4 Å². The number of fused-ring (bicyclic) bond motifs is 1. The summed E-state index contributed by atoms with van der Waals surface area (Å²) in [6.45, 7) is 3.71. The zero-order valence-electron chi connectivity index (χ0n) is 15.8. The van der Waals surface area contributed by atoms with E-state index in [9.17, 15) is 14.4 Å². The molecule has 0 unspecified atom stereocenters. The predicted molar refractivity (Wildman–Crippen MR) is 109 cm³/mol. The fraction of sp³-hybridized carbons (Fsp3) is 0.286. The molecular formula is C21H22N2O4S. The Morgan fingerprint density at radius 2 is 1.89 bits per heavy atom. The number of amides is 2. The van der Waals surface area contributed by atoms with Crippen LogP contribution in [0.25, 0.3) is 0 Å². The number of hydrogen-bond acceptors (Lipinski definition) is 5. The number of aryl methyl sites for hydroxylation is 1. The minimum atomic E-state index is -0.922. The van der Waals surface area contributed by atoms with Gasteiger partial charge in [0.25, 0.3) is 5.91 Å². The largest absolute Gasteiger partial charge is 0.452 e. The third kappa shape index (κ3) is 4.92. The Hall–Kier alpha value is -2.80. The van der Waals surface area contributed by atoms with Crippen LogP contribution in [0.4, 0.5) is 11.4 Å². The Morgan fingerprint density at radius 1 is 1.18 bits per heavy atom. The summed E-state index contributed by atoms with van der Waals surface area (Å²) in [7, 11) is 0. The van der Waals surface area contributed by atoms with Crippen LogP contribution in [0, 0.1) is 6.92 Å². The second kappa shape index (κ2) is 8.93. The van der Waals surface area contributed by atoms with Crippen molar-refractivity contribution in [2.75, 3.05) is 22.5 Å². The van der Waals surface area contributed by atoms with E-state index in [1.165, 1.54) is 18.7 Å². The molecule has 0 fully saturated rings. The Labute approximate surface area is 168 Å². The number of thioether (sulfide) groups is 1. The number of benzene rings is 2. The predicted octanol–water partition coefficient (Wildman–Crippen LogP) is 3.39. The Bertz CT molecular complexity index is 882. The average molecular weight is 398 g/mol. The van der Waals surface area contributed by atoms with Crippen LogP contribution in [0.1, 0.15) is 18.9 Å². The van der Waals surface area contributed by atoms with Crippen molar-refractivity contribution < 1.29 is 19.1 Å².